The highest BCUT2D eigenvalue weighted by Crippen LogP contribution is 2.33. The van der Waals surface area contributed by atoms with E-state index in [9.17, 15) is 9.90 Å². The molecule has 0 saturated carbocycles. The maximum absolute atomic E-state index is 11.2. The summed E-state index contributed by atoms with van der Waals surface area (Å²) in [5.74, 6) is 0.132. The highest BCUT2D eigenvalue weighted by atomic mass is 35.5. The van der Waals surface area contributed by atoms with E-state index >= 15 is 0 Å². The maximum Gasteiger partial charge on any atom is 0.231 e. The Balaban J connectivity index is 1.66. The molecule has 0 radical (unpaired) electrons. The number of aromatic hydroxyl groups is 1. The fourth-order valence-corrected chi connectivity index (χ4v) is 3.75. The lowest BCUT2D eigenvalue weighted by Crippen LogP contribution is -2.45. The molecule has 1 aliphatic rings. The average molecular weight is 414 g/mol. The molecule has 1 atom stereocenters. The Hall–Kier alpha value is -3.04. The van der Waals surface area contributed by atoms with E-state index in [2.05, 4.69) is 25.5 Å². The first-order valence-corrected chi connectivity index (χ1v) is 9.62. The van der Waals surface area contributed by atoms with Crippen LogP contribution < -0.4 is 11.1 Å². The van der Waals surface area contributed by atoms with Gasteiger partial charge in [0.1, 0.15) is 22.7 Å². The highest BCUT2D eigenvalue weighted by Gasteiger charge is 2.23. The number of aromatic nitrogens is 4. The van der Waals surface area contributed by atoms with Gasteiger partial charge in [-0.15, -0.1) is 10.2 Å². The number of likely N-dealkylation sites (tertiary alicyclic amines) is 1. The van der Waals surface area contributed by atoms with E-state index in [-0.39, 0.29) is 29.9 Å². The number of carbonyl (C=O) groups is 1. The van der Waals surface area contributed by atoms with E-state index in [4.69, 9.17) is 17.3 Å². The van der Waals surface area contributed by atoms with Crippen LogP contribution in [0, 0.1) is 0 Å². The molecular weight excluding hydrogens is 394 g/mol. The standard InChI is InChI=1S/C19H20ClN7O2/c20-11-7-14(28)18(23-8-11)16-13-4-1-5-22-17(13)19(26-25-16)24-12-3-2-6-27(9-12)10-15(21)29/h1,4-5,7-8,12,28H,2-3,6,9-10H2,(H2,21,29)(H,24,26). The number of primary amides is 1. The summed E-state index contributed by atoms with van der Waals surface area (Å²) in [4.78, 5) is 21.9. The zero-order valence-electron chi connectivity index (χ0n) is 15.5. The Bertz CT molecular complexity index is 1060. The number of pyridine rings is 2. The van der Waals surface area contributed by atoms with Gasteiger partial charge in [-0.1, -0.05) is 11.6 Å². The van der Waals surface area contributed by atoms with Crippen LogP contribution in [0.2, 0.25) is 5.02 Å². The predicted octanol–water partition coefficient (Wildman–Crippen LogP) is 1.81. The summed E-state index contributed by atoms with van der Waals surface area (Å²) in [5.41, 5.74) is 6.66. The summed E-state index contributed by atoms with van der Waals surface area (Å²) >= 11 is 5.89. The van der Waals surface area contributed by atoms with Crippen molar-refractivity contribution in [3.8, 4) is 17.1 Å². The summed E-state index contributed by atoms with van der Waals surface area (Å²) in [7, 11) is 0. The monoisotopic (exact) mass is 413 g/mol. The molecule has 0 aromatic carbocycles. The molecule has 4 heterocycles. The van der Waals surface area contributed by atoms with Crippen molar-refractivity contribution in [2.24, 2.45) is 5.73 Å². The number of anilines is 1. The van der Waals surface area contributed by atoms with E-state index in [0.717, 1.165) is 19.4 Å². The fourth-order valence-electron chi connectivity index (χ4n) is 3.60. The molecule has 4 rings (SSSR count). The average Bonchev–Trinajstić information content (AvgIpc) is 2.69. The number of hydrogen-bond donors (Lipinski definition) is 3. The summed E-state index contributed by atoms with van der Waals surface area (Å²) < 4.78 is 0. The lowest BCUT2D eigenvalue weighted by atomic mass is 10.1. The molecule has 4 N–H and O–H groups in total. The zero-order valence-corrected chi connectivity index (χ0v) is 16.3. The van der Waals surface area contributed by atoms with Crippen LogP contribution in [0.5, 0.6) is 5.75 Å². The van der Waals surface area contributed by atoms with Crippen molar-refractivity contribution in [3.63, 3.8) is 0 Å². The second-order valence-electron chi connectivity index (χ2n) is 7.00. The van der Waals surface area contributed by atoms with Gasteiger partial charge in [0, 0.05) is 36.4 Å². The van der Waals surface area contributed by atoms with Crippen LogP contribution in [-0.2, 0) is 4.79 Å². The van der Waals surface area contributed by atoms with Crippen LogP contribution in [0.4, 0.5) is 5.82 Å². The molecule has 29 heavy (non-hydrogen) atoms. The molecule has 1 saturated heterocycles. The first-order chi connectivity index (χ1) is 14.0. The summed E-state index contributed by atoms with van der Waals surface area (Å²) in [6.07, 6.45) is 5.01. The van der Waals surface area contributed by atoms with Crippen LogP contribution in [0.3, 0.4) is 0 Å². The number of piperidine rings is 1. The van der Waals surface area contributed by atoms with E-state index in [1.807, 2.05) is 11.0 Å². The van der Waals surface area contributed by atoms with Gasteiger partial charge >= 0.3 is 0 Å². The van der Waals surface area contributed by atoms with Gasteiger partial charge in [0.25, 0.3) is 0 Å². The number of amides is 1. The molecule has 3 aromatic rings. The van der Waals surface area contributed by atoms with Gasteiger partial charge in [-0.05, 0) is 31.5 Å². The van der Waals surface area contributed by atoms with E-state index in [0.29, 0.717) is 34.0 Å². The number of carbonyl (C=O) groups excluding carboxylic acids is 1. The Morgan fingerprint density at radius 3 is 3.00 bits per heavy atom. The molecular formula is C19H20ClN7O2. The van der Waals surface area contributed by atoms with Gasteiger partial charge < -0.3 is 16.2 Å². The molecule has 10 heteroatoms. The van der Waals surface area contributed by atoms with Gasteiger partial charge in [0.05, 0.1) is 11.6 Å². The fraction of sp³-hybridized carbons (Fsp3) is 0.316. The smallest absolute Gasteiger partial charge is 0.231 e. The lowest BCUT2D eigenvalue weighted by molar-refractivity contribution is -0.119. The van der Waals surface area contributed by atoms with Crippen LogP contribution in [0.25, 0.3) is 22.3 Å². The quantitative estimate of drug-likeness (QED) is 0.577. The minimum Gasteiger partial charge on any atom is -0.506 e. The number of nitrogens with two attached hydrogens (primary N) is 1. The lowest BCUT2D eigenvalue weighted by Gasteiger charge is -2.32. The molecule has 1 fully saturated rings. The first kappa shape index (κ1) is 19.3. The zero-order chi connectivity index (χ0) is 20.4. The predicted molar refractivity (Wildman–Crippen MR) is 110 cm³/mol. The van der Waals surface area contributed by atoms with Gasteiger partial charge in [0.2, 0.25) is 5.91 Å². The Morgan fingerprint density at radius 2 is 2.21 bits per heavy atom. The molecule has 0 aliphatic carbocycles. The number of nitrogens with zero attached hydrogens (tertiary/aromatic N) is 5. The Kier molecular flexibility index (Phi) is 5.41. The summed E-state index contributed by atoms with van der Waals surface area (Å²) in [6.45, 7) is 1.76. The molecule has 1 unspecified atom stereocenters. The number of fused-ring (bicyclic) bond motifs is 1. The molecule has 3 aromatic heterocycles. The number of rotatable bonds is 5. The number of halogens is 1. The van der Waals surface area contributed by atoms with Crippen LogP contribution in [-0.4, -0.2) is 61.8 Å². The molecule has 1 aliphatic heterocycles. The first-order valence-electron chi connectivity index (χ1n) is 9.24. The van der Waals surface area contributed by atoms with Crippen molar-refractivity contribution < 1.29 is 9.90 Å². The third-order valence-electron chi connectivity index (χ3n) is 4.82. The van der Waals surface area contributed by atoms with Crippen molar-refractivity contribution in [1.29, 1.82) is 0 Å². The van der Waals surface area contributed by atoms with Crippen molar-refractivity contribution in [1.82, 2.24) is 25.1 Å². The van der Waals surface area contributed by atoms with Gasteiger partial charge in [-0.25, -0.2) is 4.98 Å². The summed E-state index contributed by atoms with van der Waals surface area (Å²) in [6, 6.07) is 5.15. The third-order valence-corrected chi connectivity index (χ3v) is 5.03. The van der Waals surface area contributed by atoms with Gasteiger partial charge in [-0.3, -0.25) is 14.7 Å². The second-order valence-corrected chi connectivity index (χ2v) is 7.44. The van der Waals surface area contributed by atoms with Crippen molar-refractivity contribution >= 4 is 34.2 Å². The molecule has 0 bridgehead atoms. The molecule has 1 amide bonds. The van der Waals surface area contributed by atoms with Crippen LogP contribution in [0.15, 0.2) is 30.6 Å². The minimum absolute atomic E-state index is 0.0768. The highest BCUT2D eigenvalue weighted by molar-refractivity contribution is 6.30. The molecule has 150 valence electrons. The van der Waals surface area contributed by atoms with Gasteiger partial charge in [0.15, 0.2) is 5.82 Å². The normalized spacial score (nSPS) is 17.3. The van der Waals surface area contributed by atoms with Crippen molar-refractivity contribution in [3.05, 3.63) is 35.6 Å². The van der Waals surface area contributed by atoms with Crippen molar-refractivity contribution in [2.75, 3.05) is 25.0 Å². The molecule has 0 spiro atoms. The Labute approximate surface area is 171 Å². The summed E-state index contributed by atoms with van der Waals surface area (Å²) in [5, 5.41) is 23.3. The van der Waals surface area contributed by atoms with Crippen molar-refractivity contribution in [2.45, 2.75) is 18.9 Å². The second kappa shape index (κ2) is 8.14. The topological polar surface area (TPSA) is 130 Å². The number of nitrogens with one attached hydrogen (secondary N) is 1. The van der Waals surface area contributed by atoms with E-state index in [1.54, 1.807) is 12.3 Å². The number of hydrogen-bond acceptors (Lipinski definition) is 8. The Morgan fingerprint density at radius 1 is 1.34 bits per heavy atom. The van der Waals surface area contributed by atoms with Crippen LogP contribution in [0.1, 0.15) is 12.8 Å². The SMILES string of the molecule is NC(=O)CN1CCCC(Nc2nnc(-c3ncc(Cl)cc3O)c3cccnc23)C1. The van der Waals surface area contributed by atoms with E-state index in [1.165, 1.54) is 12.3 Å². The van der Waals surface area contributed by atoms with E-state index < -0.39 is 0 Å². The van der Waals surface area contributed by atoms with Crippen LogP contribution >= 0.6 is 11.6 Å². The molecule has 9 nitrogen and oxygen atoms in total. The largest absolute Gasteiger partial charge is 0.506 e. The minimum atomic E-state index is -0.336. The van der Waals surface area contributed by atoms with Gasteiger partial charge in [-0.2, -0.15) is 0 Å². The third kappa shape index (κ3) is 4.20. The maximum atomic E-state index is 11.2.